The van der Waals surface area contributed by atoms with Crippen LogP contribution in [0.4, 0.5) is 0 Å². The molecule has 0 bridgehead atoms. The highest BCUT2D eigenvalue weighted by molar-refractivity contribution is 5.85. The Balaban J connectivity index is 0.00000324. The quantitative estimate of drug-likeness (QED) is 0.816. The molecule has 0 aliphatic heterocycles. The van der Waals surface area contributed by atoms with Crippen LogP contribution in [0.1, 0.15) is 26.3 Å². The lowest BCUT2D eigenvalue weighted by molar-refractivity contribution is -0.144. The van der Waals surface area contributed by atoms with E-state index in [0.717, 1.165) is 11.3 Å². The van der Waals surface area contributed by atoms with Gasteiger partial charge in [-0.2, -0.15) is 0 Å². The number of hydrogen-bond acceptors (Lipinski definition) is 4. The van der Waals surface area contributed by atoms with Gasteiger partial charge in [0, 0.05) is 0 Å². The zero-order chi connectivity index (χ0) is 13.5. The first-order valence-corrected chi connectivity index (χ1v) is 6.20. The fourth-order valence-electron chi connectivity index (χ4n) is 1.56. The van der Waals surface area contributed by atoms with Gasteiger partial charge in [-0.1, -0.05) is 12.1 Å². The van der Waals surface area contributed by atoms with Crippen LogP contribution >= 0.6 is 12.4 Å². The summed E-state index contributed by atoms with van der Waals surface area (Å²) in [5.41, 5.74) is 6.74. The highest BCUT2D eigenvalue weighted by Crippen LogP contribution is 2.14. The van der Waals surface area contributed by atoms with Crippen LogP contribution in [0.25, 0.3) is 0 Å². The Morgan fingerprint density at radius 1 is 1.26 bits per heavy atom. The molecule has 1 aromatic rings. The van der Waals surface area contributed by atoms with Crippen molar-refractivity contribution >= 4 is 18.4 Å². The van der Waals surface area contributed by atoms with Gasteiger partial charge in [0.1, 0.15) is 11.8 Å². The van der Waals surface area contributed by atoms with E-state index in [0.29, 0.717) is 13.0 Å². The second-order valence-corrected chi connectivity index (χ2v) is 4.37. The number of carbonyl (C=O) groups is 1. The average molecular weight is 288 g/mol. The molecule has 0 fully saturated rings. The minimum Gasteiger partial charge on any atom is -0.491 e. The molecule has 1 atom stereocenters. The van der Waals surface area contributed by atoms with Crippen LogP contribution in [0.15, 0.2) is 24.3 Å². The first-order chi connectivity index (χ1) is 8.52. The molecule has 5 heteroatoms. The second kappa shape index (κ2) is 8.77. The minimum atomic E-state index is -0.609. The Morgan fingerprint density at radius 2 is 1.84 bits per heavy atom. The van der Waals surface area contributed by atoms with Crippen molar-refractivity contribution in [1.29, 1.82) is 0 Å². The van der Waals surface area contributed by atoms with E-state index in [1.54, 1.807) is 6.92 Å². The predicted molar refractivity (Wildman–Crippen MR) is 77.8 cm³/mol. The number of esters is 1. The molecule has 19 heavy (non-hydrogen) atoms. The lowest BCUT2D eigenvalue weighted by Gasteiger charge is -2.12. The predicted octanol–water partition coefficient (Wildman–Crippen LogP) is 2.33. The number of halogens is 1. The summed E-state index contributed by atoms with van der Waals surface area (Å²) in [6, 6.07) is 6.98. The first-order valence-electron chi connectivity index (χ1n) is 6.20. The summed E-state index contributed by atoms with van der Waals surface area (Å²) < 4.78 is 10.4. The van der Waals surface area contributed by atoms with E-state index in [1.807, 2.05) is 38.1 Å². The summed E-state index contributed by atoms with van der Waals surface area (Å²) in [6.45, 7) is 6.07. The average Bonchev–Trinajstić information content (AvgIpc) is 2.31. The van der Waals surface area contributed by atoms with Crippen molar-refractivity contribution in [2.75, 3.05) is 6.61 Å². The molecule has 0 aliphatic rings. The highest BCUT2D eigenvalue weighted by atomic mass is 35.5. The molecule has 0 saturated heterocycles. The minimum absolute atomic E-state index is 0. The van der Waals surface area contributed by atoms with Gasteiger partial charge in [0.25, 0.3) is 0 Å². The molecule has 1 rings (SSSR count). The maximum absolute atomic E-state index is 11.4. The molecule has 0 unspecified atom stereocenters. The summed E-state index contributed by atoms with van der Waals surface area (Å²) in [7, 11) is 0. The number of ether oxygens (including phenoxy) is 2. The van der Waals surface area contributed by atoms with Crippen LogP contribution in [-0.4, -0.2) is 24.7 Å². The Bertz CT molecular complexity index is 379. The molecule has 0 radical (unpaired) electrons. The van der Waals surface area contributed by atoms with Crippen molar-refractivity contribution < 1.29 is 14.3 Å². The number of rotatable bonds is 6. The molecular weight excluding hydrogens is 266 g/mol. The molecule has 0 saturated carbocycles. The summed E-state index contributed by atoms with van der Waals surface area (Å²) >= 11 is 0. The fourth-order valence-corrected chi connectivity index (χ4v) is 1.56. The number of carbonyl (C=O) groups excluding carboxylic acids is 1. The van der Waals surface area contributed by atoms with Gasteiger partial charge in [0.05, 0.1) is 12.7 Å². The van der Waals surface area contributed by atoms with E-state index >= 15 is 0 Å². The largest absolute Gasteiger partial charge is 0.491 e. The molecule has 0 spiro atoms. The van der Waals surface area contributed by atoms with E-state index in [4.69, 9.17) is 15.2 Å². The number of hydrogen-bond donors (Lipinski definition) is 1. The molecule has 0 aliphatic carbocycles. The zero-order valence-corrected chi connectivity index (χ0v) is 12.4. The lowest BCUT2D eigenvalue weighted by atomic mass is 10.1. The van der Waals surface area contributed by atoms with E-state index in [2.05, 4.69) is 0 Å². The van der Waals surface area contributed by atoms with Gasteiger partial charge < -0.3 is 15.2 Å². The molecule has 0 aromatic heterocycles. The Morgan fingerprint density at radius 3 is 2.32 bits per heavy atom. The highest BCUT2D eigenvalue weighted by Gasteiger charge is 2.14. The maximum atomic E-state index is 11.4. The summed E-state index contributed by atoms with van der Waals surface area (Å²) in [5.74, 6) is 0.457. The molecule has 2 N–H and O–H groups in total. The van der Waals surface area contributed by atoms with Gasteiger partial charge in [-0.15, -0.1) is 12.4 Å². The van der Waals surface area contributed by atoms with Crippen LogP contribution in [0.3, 0.4) is 0 Å². The Kier molecular flexibility index (Phi) is 8.19. The van der Waals surface area contributed by atoms with E-state index in [1.165, 1.54) is 0 Å². The smallest absolute Gasteiger partial charge is 0.323 e. The third kappa shape index (κ3) is 6.45. The summed E-state index contributed by atoms with van der Waals surface area (Å²) in [6.07, 6.45) is 0.624. The molecule has 1 aromatic carbocycles. The maximum Gasteiger partial charge on any atom is 0.323 e. The van der Waals surface area contributed by atoms with Crippen molar-refractivity contribution in [2.24, 2.45) is 5.73 Å². The third-order valence-electron chi connectivity index (χ3n) is 2.34. The van der Waals surface area contributed by atoms with Gasteiger partial charge in [-0.3, -0.25) is 4.79 Å². The molecular formula is C14H22ClNO3. The number of nitrogens with two attached hydrogens (primary N) is 1. The van der Waals surface area contributed by atoms with E-state index in [9.17, 15) is 4.79 Å². The topological polar surface area (TPSA) is 61.5 Å². The van der Waals surface area contributed by atoms with Crippen LogP contribution in [-0.2, 0) is 16.0 Å². The van der Waals surface area contributed by atoms with Crippen LogP contribution < -0.4 is 10.5 Å². The monoisotopic (exact) mass is 287 g/mol. The van der Waals surface area contributed by atoms with Crippen LogP contribution in [0, 0.1) is 0 Å². The van der Waals surface area contributed by atoms with Crippen molar-refractivity contribution in [3.8, 4) is 5.75 Å². The molecule has 0 heterocycles. The first kappa shape index (κ1) is 17.7. The van der Waals surface area contributed by atoms with Crippen molar-refractivity contribution in [3.63, 3.8) is 0 Å². The van der Waals surface area contributed by atoms with Gasteiger partial charge in [-0.05, 0) is 44.9 Å². The van der Waals surface area contributed by atoms with E-state index in [-0.39, 0.29) is 24.5 Å². The molecule has 108 valence electrons. The zero-order valence-electron chi connectivity index (χ0n) is 11.6. The number of benzene rings is 1. The van der Waals surface area contributed by atoms with Crippen molar-refractivity contribution in [3.05, 3.63) is 29.8 Å². The van der Waals surface area contributed by atoms with Gasteiger partial charge in [0.2, 0.25) is 0 Å². The van der Waals surface area contributed by atoms with Crippen LogP contribution in [0.5, 0.6) is 5.75 Å². The van der Waals surface area contributed by atoms with Crippen LogP contribution in [0.2, 0.25) is 0 Å². The van der Waals surface area contributed by atoms with E-state index < -0.39 is 6.04 Å². The van der Waals surface area contributed by atoms with Gasteiger partial charge in [-0.25, -0.2) is 0 Å². The lowest BCUT2D eigenvalue weighted by Crippen LogP contribution is -2.34. The Labute approximate surface area is 120 Å². The fraction of sp³-hybridized carbons (Fsp3) is 0.500. The summed E-state index contributed by atoms with van der Waals surface area (Å²) in [5, 5.41) is 0. The molecule has 4 nitrogen and oxygen atoms in total. The molecule has 0 amide bonds. The summed E-state index contributed by atoms with van der Waals surface area (Å²) in [4.78, 5) is 11.4. The van der Waals surface area contributed by atoms with Crippen molar-refractivity contribution in [2.45, 2.75) is 39.3 Å². The standard InChI is InChI=1S/C14H21NO3.ClH/c1-4-17-14(16)13(15)9-11-5-7-12(8-6-11)18-10(2)3;/h5-8,10,13H,4,9,15H2,1-3H3;1H/t13-;/m0./s1. The van der Waals surface area contributed by atoms with Gasteiger partial charge in [0.15, 0.2) is 0 Å². The normalized spacial score (nSPS) is 11.6. The van der Waals surface area contributed by atoms with Crippen molar-refractivity contribution in [1.82, 2.24) is 0 Å². The SMILES string of the molecule is CCOC(=O)[C@@H](N)Cc1ccc(OC(C)C)cc1.Cl. The Hall–Kier alpha value is -1.26. The third-order valence-corrected chi connectivity index (χ3v) is 2.34. The van der Waals surface area contributed by atoms with Gasteiger partial charge >= 0.3 is 5.97 Å². The second-order valence-electron chi connectivity index (χ2n) is 4.37.